The number of hydrogen-bond donors (Lipinski definition) is 1. The van der Waals surface area contributed by atoms with Crippen molar-refractivity contribution in [2.24, 2.45) is 0 Å². The molecule has 2 heterocycles. The topological polar surface area (TPSA) is 34.0 Å². The number of benzene rings is 2. The summed E-state index contributed by atoms with van der Waals surface area (Å²) < 4.78 is 2.13. The predicted octanol–water partition coefficient (Wildman–Crippen LogP) is 2.94. The summed E-state index contributed by atoms with van der Waals surface area (Å²) in [6.45, 7) is 0.985. The van der Waals surface area contributed by atoms with Gasteiger partial charge in [0.2, 0.25) is 5.91 Å². The van der Waals surface area contributed by atoms with E-state index in [-0.39, 0.29) is 5.91 Å². The summed E-state index contributed by atoms with van der Waals surface area (Å²) in [5, 5.41) is 4.15. The second-order valence-corrected chi connectivity index (χ2v) is 5.11. The number of amides is 1. The van der Waals surface area contributed by atoms with Crippen molar-refractivity contribution in [2.45, 2.75) is 13.1 Å². The Hall–Kier alpha value is -2.55. The monoisotopic (exact) mass is 262 g/mol. The largest absolute Gasteiger partial charge is 0.350 e. The van der Waals surface area contributed by atoms with E-state index >= 15 is 0 Å². The Labute approximate surface area is 116 Å². The van der Waals surface area contributed by atoms with E-state index in [0.29, 0.717) is 13.1 Å². The molecule has 1 amide bonds. The summed E-state index contributed by atoms with van der Waals surface area (Å²) in [4.78, 5) is 11.9. The number of rotatable bonds is 1. The van der Waals surface area contributed by atoms with Crippen LogP contribution >= 0.6 is 0 Å². The molecule has 0 saturated heterocycles. The van der Waals surface area contributed by atoms with Gasteiger partial charge in [-0.05, 0) is 17.2 Å². The summed E-state index contributed by atoms with van der Waals surface area (Å²) in [6.07, 6.45) is 0. The van der Waals surface area contributed by atoms with Gasteiger partial charge in [0.1, 0.15) is 6.54 Å². The lowest BCUT2D eigenvalue weighted by molar-refractivity contribution is -0.121. The molecule has 0 saturated carbocycles. The zero-order chi connectivity index (χ0) is 13.5. The van der Waals surface area contributed by atoms with E-state index in [9.17, 15) is 4.79 Å². The first-order valence-electron chi connectivity index (χ1n) is 6.76. The Morgan fingerprint density at radius 3 is 2.70 bits per heavy atom. The van der Waals surface area contributed by atoms with Crippen LogP contribution in [0.5, 0.6) is 0 Å². The van der Waals surface area contributed by atoms with Crippen LogP contribution in [-0.4, -0.2) is 10.5 Å². The molecule has 1 N–H and O–H groups in total. The zero-order valence-corrected chi connectivity index (χ0v) is 11.0. The van der Waals surface area contributed by atoms with Crippen molar-refractivity contribution in [2.75, 3.05) is 0 Å². The van der Waals surface area contributed by atoms with Gasteiger partial charge in [0.05, 0.1) is 5.52 Å². The molecule has 0 bridgehead atoms. The highest BCUT2D eigenvalue weighted by atomic mass is 16.1. The SMILES string of the molecule is O=C1Cn2c(-c3ccccc3)cc3cccc(c32)CN1. The van der Waals surface area contributed by atoms with Gasteiger partial charge in [-0.15, -0.1) is 0 Å². The third-order valence-electron chi connectivity index (χ3n) is 3.85. The number of carbonyl (C=O) groups excluding carboxylic acids is 1. The normalized spacial score (nSPS) is 14.1. The van der Waals surface area contributed by atoms with Crippen LogP contribution in [0.15, 0.2) is 54.6 Å². The van der Waals surface area contributed by atoms with Gasteiger partial charge < -0.3 is 9.88 Å². The van der Waals surface area contributed by atoms with Crippen molar-refractivity contribution in [3.05, 3.63) is 60.2 Å². The summed E-state index contributed by atoms with van der Waals surface area (Å²) in [5.74, 6) is 0.0656. The lowest BCUT2D eigenvalue weighted by Gasteiger charge is -2.08. The Bertz CT molecular complexity index is 802. The molecule has 20 heavy (non-hydrogen) atoms. The summed E-state index contributed by atoms with van der Waals surface area (Å²) in [6, 6.07) is 18.6. The number of para-hydroxylation sites is 1. The highest BCUT2D eigenvalue weighted by Crippen LogP contribution is 2.31. The average Bonchev–Trinajstić information content (AvgIpc) is 2.76. The minimum atomic E-state index is 0.0656. The molecule has 1 aliphatic rings. The fourth-order valence-electron chi connectivity index (χ4n) is 2.95. The van der Waals surface area contributed by atoms with Crippen molar-refractivity contribution >= 4 is 16.8 Å². The Kier molecular flexibility index (Phi) is 2.39. The second-order valence-electron chi connectivity index (χ2n) is 5.11. The lowest BCUT2D eigenvalue weighted by Crippen LogP contribution is -2.24. The number of aromatic nitrogens is 1. The summed E-state index contributed by atoms with van der Waals surface area (Å²) in [5.41, 5.74) is 4.59. The van der Waals surface area contributed by atoms with Gasteiger partial charge in [0, 0.05) is 17.6 Å². The van der Waals surface area contributed by atoms with Crippen LogP contribution in [0.1, 0.15) is 5.56 Å². The lowest BCUT2D eigenvalue weighted by atomic mass is 10.1. The first-order valence-corrected chi connectivity index (χ1v) is 6.76. The Balaban J connectivity index is 2.05. The van der Waals surface area contributed by atoms with Gasteiger partial charge in [0.25, 0.3) is 0 Å². The van der Waals surface area contributed by atoms with Crippen LogP contribution < -0.4 is 5.32 Å². The molecule has 0 atom stereocenters. The quantitative estimate of drug-likeness (QED) is 0.719. The number of hydrogen-bond acceptors (Lipinski definition) is 1. The molecule has 0 radical (unpaired) electrons. The smallest absolute Gasteiger partial charge is 0.240 e. The molecule has 3 nitrogen and oxygen atoms in total. The van der Waals surface area contributed by atoms with Gasteiger partial charge in [-0.25, -0.2) is 0 Å². The van der Waals surface area contributed by atoms with Crippen molar-refractivity contribution < 1.29 is 4.79 Å². The molecule has 0 fully saturated rings. The average molecular weight is 262 g/mol. The van der Waals surface area contributed by atoms with Gasteiger partial charge in [-0.1, -0.05) is 48.5 Å². The van der Waals surface area contributed by atoms with E-state index < -0.39 is 0 Å². The fourth-order valence-corrected chi connectivity index (χ4v) is 2.95. The van der Waals surface area contributed by atoms with Crippen LogP contribution in [-0.2, 0) is 17.9 Å². The standard InChI is InChI=1S/C17H14N2O/c20-16-11-19-15(12-5-2-1-3-6-12)9-13-7-4-8-14(10-18-16)17(13)19/h1-9H,10-11H2,(H,18,20). The molecule has 98 valence electrons. The molecule has 2 aromatic carbocycles. The van der Waals surface area contributed by atoms with Crippen molar-refractivity contribution in [1.82, 2.24) is 9.88 Å². The third kappa shape index (κ3) is 1.63. The van der Waals surface area contributed by atoms with Crippen LogP contribution in [0, 0.1) is 0 Å². The molecule has 1 aromatic heterocycles. The van der Waals surface area contributed by atoms with E-state index in [4.69, 9.17) is 0 Å². The van der Waals surface area contributed by atoms with E-state index in [2.05, 4.69) is 40.2 Å². The van der Waals surface area contributed by atoms with Gasteiger partial charge in [0.15, 0.2) is 0 Å². The number of nitrogens with one attached hydrogen (secondary N) is 1. The van der Waals surface area contributed by atoms with Crippen LogP contribution in [0.2, 0.25) is 0 Å². The molecule has 4 rings (SSSR count). The van der Waals surface area contributed by atoms with Gasteiger partial charge >= 0.3 is 0 Å². The van der Waals surface area contributed by atoms with Crippen molar-refractivity contribution in [3.8, 4) is 11.3 Å². The molecular weight excluding hydrogens is 248 g/mol. The van der Waals surface area contributed by atoms with E-state index in [1.807, 2.05) is 24.3 Å². The highest BCUT2D eigenvalue weighted by Gasteiger charge is 2.18. The minimum Gasteiger partial charge on any atom is -0.350 e. The van der Waals surface area contributed by atoms with Crippen molar-refractivity contribution in [3.63, 3.8) is 0 Å². The zero-order valence-electron chi connectivity index (χ0n) is 11.0. The third-order valence-corrected chi connectivity index (χ3v) is 3.85. The van der Waals surface area contributed by atoms with E-state index in [1.165, 1.54) is 16.5 Å². The van der Waals surface area contributed by atoms with E-state index in [0.717, 1.165) is 11.3 Å². The fraction of sp³-hybridized carbons (Fsp3) is 0.118. The van der Waals surface area contributed by atoms with Gasteiger partial charge in [-0.3, -0.25) is 4.79 Å². The maximum atomic E-state index is 11.9. The molecule has 0 aliphatic carbocycles. The second kappa shape index (κ2) is 4.23. The first kappa shape index (κ1) is 11.3. The summed E-state index contributed by atoms with van der Waals surface area (Å²) in [7, 11) is 0. The van der Waals surface area contributed by atoms with Crippen LogP contribution in [0.25, 0.3) is 22.2 Å². The highest BCUT2D eigenvalue weighted by molar-refractivity contribution is 5.92. The van der Waals surface area contributed by atoms with E-state index in [1.54, 1.807) is 0 Å². The number of carbonyl (C=O) groups is 1. The molecule has 3 aromatic rings. The molecule has 0 spiro atoms. The number of nitrogens with zero attached hydrogens (tertiary/aromatic N) is 1. The van der Waals surface area contributed by atoms with Crippen molar-refractivity contribution in [1.29, 1.82) is 0 Å². The van der Waals surface area contributed by atoms with Crippen LogP contribution in [0.3, 0.4) is 0 Å². The molecule has 3 heteroatoms. The Morgan fingerprint density at radius 1 is 1.00 bits per heavy atom. The summed E-state index contributed by atoms with van der Waals surface area (Å²) >= 11 is 0. The maximum absolute atomic E-state index is 11.9. The predicted molar refractivity (Wildman–Crippen MR) is 79.2 cm³/mol. The van der Waals surface area contributed by atoms with Gasteiger partial charge in [-0.2, -0.15) is 0 Å². The molecule has 1 aliphatic heterocycles. The molecule has 0 unspecified atom stereocenters. The van der Waals surface area contributed by atoms with Crippen LogP contribution in [0.4, 0.5) is 0 Å². The maximum Gasteiger partial charge on any atom is 0.240 e. The minimum absolute atomic E-state index is 0.0656. The first-order chi connectivity index (χ1) is 9.83. The Morgan fingerprint density at radius 2 is 1.85 bits per heavy atom. The molecular formula is C17H14N2O.